The van der Waals surface area contributed by atoms with Gasteiger partial charge < -0.3 is 0 Å². The van der Waals surface area contributed by atoms with Crippen LogP contribution in [0.4, 0.5) is 0 Å². The van der Waals surface area contributed by atoms with Crippen molar-refractivity contribution in [2.45, 2.75) is 72.6 Å². The Morgan fingerprint density at radius 2 is 1.38 bits per heavy atom. The Morgan fingerprint density at radius 3 is 1.88 bits per heavy atom. The first kappa shape index (κ1) is 19.6. The van der Waals surface area contributed by atoms with Crippen LogP contribution in [0.25, 0.3) is 11.3 Å². The molecule has 2 rings (SSSR count). The number of hydrogen-bond acceptors (Lipinski definition) is 1. The molecule has 0 bridgehead atoms. The van der Waals surface area contributed by atoms with Crippen LogP contribution >= 0.6 is 0 Å². The van der Waals surface area contributed by atoms with E-state index >= 15 is 0 Å². The van der Waals surface area contributed by atoms with Crippen LogP contribution in [0.5, 0.6) is 0 Å². The van der Waals surface area contributed by atoms with Gasteiger partial charge in [-0.15, -0.1) is 0 Å². The summed E-state index contributed by atoms with van der Waals surface area (Å²) < 4.78 is 6.13. The third-order valence-corrected chi connectivity index (χ3v) is 20.9. The van der Waals surface area contributed by atoms with E-state index in [9.17, 15) is 0 Å². The molecule has 2 nitrogen and oxygen atoms in total. The van der Waals surface area contributed by atoms with E-state index in [0.29, 0.717) is 0 Å². The van der Waals surface area contributed by atoms with Crippen molar-refractivity contribution in [1.82, 2.24) is 10.2 Å². The number of aromatic amines is 1. The summed E-state index contributed by atoms with van der Waals surface area (Å²) in [5.74, 6) is 0. The second-order valence-corrected chi connectivity index (χ2v) is 20.2. The molecule has 1 aromatic carbocycles. The molecule has 24 heavy (non-hydrogen) atoms. The average molecular weight is 433 g/mol. The van der Waals surface area contributed by atoms with E-state index in [0.717, 1.165) is 0 Å². The molecule has 0 radical (unpaired) electrons. The molecule has 0 saturated carbocycles. The monoisotopic (exact) mass is 434 g/mol. The van der Waals surface area contributed by atoms with Crippen LogP contribution in [0.3, 0.4) is 0 Å². The Balaban J connectivity index is 2.43. The van der Waals surface area contributed by atoms with Gasteiger partial charge in [0, 0.05) is 0 Å². The fourth-order valence-electron chi connectivity index (χ4n) is 3.83. The Morgan fingerprint density at radius 1 is 0.833 bits per heavy atom. The van der Waals surface area contributed by atoms with Crippen molar-refractivity contribution < 1.29 is 0 Å². The Kier molecular flexibility index (Phi) is 8.37. The number of rotatable bonds is 11. The van der Waals surface area contributed by atoms with Gasteiger partial charge in [0.2, 0.25) is 0 Å². The van der Waals surface area contributed by atoms with Crippen LogP contribution in [0, 0.1) is 0 Å². The van der Waals surface area contributed by atoms with Gasteiger partial charge in [0.25, 0.3) is 0 Å². The normalized spacial score (nSPS) is 11.8. The molecule has 2 aromatic rings. The van der Waals surface area contributed by atoms with Gasteiger partial charge in [-0.2, -0.15) is 0 Å². The zero-order chi connectivity index (χ0) is 17.3. The summed E-state index contributed by atoms with van der Waals surface area (Å²) in [5, 5.41) is 7.94. The molecular formula is C21H34N2Sn. The first-order valence-electron chi connectivity index (χ1n) is 9.87. The van der Waals surface area contributed by atoms with Crippen molar-refractivity contribution in [3.63, 3.8) is 0 Å². The molecule has 0 aliphatic carbocycles. The average Bonchev–Trinajstić information content (AvgIpc) is 3.12. The molecule has 0 fully saturated rings. The number of nitrogens with zero attached hydrogens (tertiary/aromatic N) is 1. The van der Waals surface area contributed by atoms with Gasteiger partial charge in [-0.1, -0.05) is 0 Å². The predicted octanol–water partition coefficient (Wildman–Crippen LogP) is 6.13. The predicted molar refractivity (Wildman–Crippen MR) is 109 cm³/mol. The van der Waals surface area contributed by atoms with E-state index in [-0.39, 0.29) is 0 Å². The van der Waals surface area contributed by atoms with Gasteiger partial charge in [0.05, 0.1) is 0 Å². The molecule has 1 heterocycles. The second-order valence-electron chi connectivity index (χ2n) is 7.10. The van der Waals surface area contributed by atoms with Crippen LogP contribution < -0.4 is 3.58 Å². The van der Waals surface area contributed by atoms with E-state index in [1.807, 2.05) is 0 Å². The SMILES string of the molecule is CCC[CH2][Sn]([CH2]CCC)([CH2]CCC)[c]1c[nH]nc1-c1ccccc1. The number of H-pyrrole nitrogens is 1. The van der Waals surface area contributed by atoms with Gasteiger partial charge in [-0.05, 0) is 0 Å². The van der Waals surface area contributed by atoms with Crippen molar-refractivity contribution in [3.8, 4) is 11.3 Å². The number of hydrogen-bond donors (Lipinski definition) is 1. The fourth-order valence-corrected chi connectivity index (χ4v) is 20.2. The maximum absolute atomic E-state index is 4.70. The zero-order valence-corrected chi connectivity index (χ0v) is 18.6. The van der Waals surface area contributed by atoms with Crippen LogP contribution in [0.2, 0.25) is 13.3 Å². The molecule has 0 amide bonds. The minimum absolute atomic E-state index is 1.26. The van der Waals surface area contributed by atoms with E-state index in [4.69, 9.17) is 5.10 Å². The Hall–Kier alpha value is -0.771. The van der Waals surface area contributed by atoms with Crippen molar-refractivity contribution in [2.75, 3.05) is 0 Å². The van der Waals surface area contributed by atoms with E-state index in [1.54, 1.807) is 3.58 Å². The molecule has 3 heteroatoms. The number of unbranched alkanes of at least 4 members (excludes halogenated alkanes) is 3. The molecular weight excluding hydrogens is 399 g/mol. The number of aromatic nitrogens is 2. The molecule has 132 valence electrons. The fraction of sp³-hybridized carbons (Fsp3) is 0.571. The van der Waals surface area contributed by atoms with Gasteiger partial charge in [-0.3, -0.25) is 0 Å². The summed E-state index contributed by atoms with van der Waals surface area (Å²) in [5.41, 5.74) is 2.55. The first-order chi connectivity index (χ1) is 11.8. The molecule has 1 aromatic heterocycles. The van der Waals surface area contributed by atoms with Crippen LogP contribution in [-0.4, -0.2) is 28.6 Å². The minimum atomic E-state index is -2.42. The van der Waals surface area contributed by atoms with Gasteiger partial charge >= 0.3 is 153 Å². The summed E-state index contributed by atoms with van der Waals surface area (Å²) in [6.07, 6.45) is 10.4. The number of benzene rings is 1. The van der Waals surface area contributed by atoms with Crippen LogP contribution in [-0.2, 0) is 0 Å². The standard InChI is InChI=1S/C9H7N2.3C4H9.Sn/c1-2-4-8(5-3-1)9-6-7-10-11-9;3*1-3-4-2;/h1-5,7H,(H,10,11);3*1,3-4H2,2H3;. The van der Waals surface area contributed by atoms with Gasteiger partial charge in [0.15, 0.2) is 0 Å². The van der Waals surface area contributed by atoms with Crippen LogP contribution in [0.1, 0.15) is 59.3 Å². The zero-order valence-electron chi connectivity index (χ0n) is 15.8. The quantitative estimate of drug-likeness (QED) is 0.425. The van der Waals surface area contributed by atoms with Crippen molar-refractivity contribution in [3.05, 3.63) is 36.5 Å². The second kappa shape index (κ2) is 10.3. The third kappa shape index (κ3) is 4.87. The summed E-state index contributed by atoms with van der Waals surface area (Å²) in [7, 11) is 0. The summed E-state index contributed by atoms with van der Waals surface area (Å²) in [6.45, 7) is 7.01. The topological polar surface area (TPSA) is 28.7 Å². The Bertz CT molecular complexity index is 555. The maximum atomic E-state index is 4.70. The Labute approximate surface area is 152 Å². The van der Waals surface area contributed by atoms with E-state index in [2.05, 4.69) is 62.4 Å². The molecule has 0 aliphatic heterocycles. The first-order valence-corrected chi connectivity index (χ1v) is 17.3. The van der Waals surface area contributed by atoms with Crippen LogP contribution in [0.15, 0.2) is 36.5 Å². The molecule has 0 saturated heterocycles. The van der Waals surface area contributed by atoms with Crippen molar-refractivity contribution in [2.24, 2.45) is 0 Å². The van der Waals surface area contributed by atoms with Crippen molar-refractivity contribution >= 4 is 22.0 Å². The van der Waals surface area contributed by atoms with Gasteiger partial charge in [-0.25, -0.2) is 0 Å². The molecule has 0 atom stereocenters. The third-order valence-electron chi connectivity index (χ3n) is 5.29. The molecule has 0 spiro atoms. The summed E-state index contributed by atoms with van der Waals surface area (Å²) >= 11 is -2.42. The summed E-state index contributed by atoms with van der Waals surface area (Å²) in [4.78, 5) is 0. The molecule has 0 aliphatic rings. The molecule has 1 N–H and O–H groups in total. The number of nitrogens with one attached hydrogen (secondary N) is 1. The summed E-state index contributed by atoms with van der Waals surface area (Å²) in [6, 6.07) is 10.8. The van der Waals surface area contributed by atoms with Gasteiger partial charge in [0.1, 0.15) is 0 Å². The molecule has 0 unspecified atom stereocenters. The van der Waals surface area contributed by atoms with E-state index in [1.165, 1.54) is 63.1 Å². The van der Waals surface area contributed by atoms with Crippen molar-refractivity contribution in [1.29, 1.82) is 0 Å². The van der Waals surface area contributed by atoms with E-state index < -0.39 is 18.4 Å².